The number of phenols is 1. The maximum absolute atomic E-state index is 12.9. The van der Waals surface area contributed by atoms with E-state index in [1.54, 1.807) is 48.7 Å². The summed E-state index contributed by atoms with van der Waals surface area (Å²) >= 11 is 1.56. The summed E-state index contributed by atoms with van der Waals surface area (Å²) < 4.78 is 5.15. The predicted molar refractivity (Wildman–Crippen MR) is 125 cm³/mol. The fourth-order valence-electron chi connectivity index (χ4n) is 4.00. The number of esters is 1. The first kappa shape index (κ1) is 22.0. The Morgan fingerprint density at radius 2 is 2.03 bits per heavy atom. The van der Waals surface area contributed by atoms with Gasteiger partial charge in [0.05, 0.1) is 17.9 Å². The fourth-order valence-corrected chi connectivity index (χ4v) is 5.51. The van der Waals surface area contributed by atoms with Crippen molar-refractivity contribution in [2.24, 2.45) is 5.41 Å². The van der Waals surface area contributed by atoms with Crippen LogP contribution in [0.3, 0.4) is 0 Å². The van der Waals surface area contributed by atoms with Gasteiger partial charge in [-0.3, -0.25) is 9.78 Å². The van der Waals surface area contributed by atoms with Crippen molar-refractivity contribution in [3.05, 3.63) is 64.2 Å². The topological polar surface area (TPSA) is 88.5 Å². The van der Waals surface area contributed by atoms with Crippen LogP contribution < -0.4 is 5.32 Å². The summed E-state index contributed by atoms with van der Waals surface area (Å²) in [4.78, 5) is 31.0. The molecule has 1 aliphatic rings. The number of pyridine rings is 1. The third kappa shape index (κ3) is 4.53. The molecule has 0 atom stereocenters. The Balaban J connectivity index is 1.77. The molecule has 0 unspecified atom stereocenters. The highest BCUT2D eigenvalue weighted by Gasteiger charge is 2.31. The SMILES string of the molecule is CCOC(=O)c1ccnc(-c2c(NC(=O)c3cccc(O)c3)sc3c2CCC(C)(C)C3)c1. The molecule has 3 aromatic rings. The molecular formula is C25H26N2O4S. The molecule has 1 aliphatic carbocycles. The van der Waals surface area contributed by atoms with Crippen molar-refractivity contribution < 1.29 is 19.4 Å². The summed E-state index contributed by atoms with van der Waals surface area (Å²) in [6.07, 6.45) is 4.42. The zero-order valence-electron chi connectivity index (χ0n) is 18.4. The number of phenolic OH excluding ortho intramolecular Hbond substituents is 1. The fraction of sp³-hybridized carbons (Fsp3) is 0.320. The Kier molecular flexibility index (Phi) is 6.02. The molecule has 0 saturated carbocycles. The van der Waals surface area contributed by atoms with Crippen molar-refractivity contribution >= 4 is 28.2 Å². The van der Waals surface area contributed by atoms with Gasteiger partial charge in [-0.15, -0.1) is 11.3 Å². The summed E-state index contributed by atoms with van der Waals surface area (Å²) in [6.45, 7) is 6.57. The Labute approximate surface area is 191 Å². The number of aromatic nitrogens is 1. The van der Waals surface area contributed by atoms with E-state index in [0.717, 1.165) is 24.8 Å². The lowest BCUT2D eigenvalue weighted by Crippen LogP contribution is -2.21. The van der Waals surface area contributed by atoms with Crippen molar-refractivity contribution in [3.63, 3.8) is 0 Å². The Hall–Kier alpha value is -3.19. The van der Waals surface area contributed by atoms with E-state index >= 15 is 0 Å². The largest absolute Gasteiger partial charge is 0.508 e. The van der Waals surface area contributed by atoms with E-state index in [1.165, 1.54) is 22.6 Å². The van der Waals surface area contributed by atoms with Crippen LogP contribution in [0, 0.1) is 5.41 Å². The van der Waals surface area contributed by atoms with Crippen LogP contribution in [-0.4, -0.2) is 28.6 Å². The van der Waals surface area contributed by atoms with Crippen LogP contribution in [0.5, 0.6) is 5.75 Å². The molecule has 4 rings (SSSR count). The molecule has 2 aromatic heterocycles. The predicted octanol–water partition coefficient (Wildman–Crippen LogP) is 5.46. The molecular weight excluding hydrogens is 424 g/mol. The van der Waals surface area contributed by atoms with Crippen molar-refractivity contribution in [1.29, 1.82) is 0 Å². The summed E-state index contributed by atoms with van der Waals surface area (Å²) in [5.41, 5.74) is 3.66. The highest BCUT2D eigenvalue weighted by Crippen LogP contribution is 2.47. The molecule has 0 radical (unpaired) electrons. The smallest absolute Gasteiger partial charge is 0.338 e. The van der Waals surface area contributed by atoms with Gasteiger partial charge in [-0.05, 0) is 67.5 Å². The maximum Gasteiger partial charge on any atom is 0.338 e. The van der Waals surface area contributed by atoms with Gasteiger partial charge >= 0.3 is 5.97 Å². The summed E-state index contributed by atoms with van der Waals surface area (Å²) in [5, 5.41) is 13.5. The van der Waals surface area contributed by atoms with E-state index in [0.29, 0.717) is 28.4 Å². The molecule has 32 heavy (non-hydrogen) atoms. The van der Waals surface area contributed by atoms with Crippen molar-refractivity contribution in [2.45, 2.75) is 40.0 Å². The second-order valence-electron chi connectivity index (χ2n) is 8.70. The minimum Gasteiger partial charge on any atom is -0.508 e. The van der Waals surface area contributed by atoms with Gasteiger partial charge < -0.3 is 15.2 Å². The molecule has 0 spiro atoms. The number of benzene rings is 1. The van der Waals surface area contributed by atoms with Gasteiger partial charge in [0.15, 0.2) is 0 Å². The van der Waals surface area contributed by atoms with Crippen LogP contribution in [0.25, 0.3) is 11.3 Å². The first-order chi connectivity index (χ1) is 15.3. The van der Waals surface area contributed by atoms with E-state index in [2.05, 4.69) is 24.1 Å². The van der Waals surface area contributed by atoms with E-state index < -0.39 is 5.97 Å². The highest BCUT2D eigenvalue weighted by atomic mass is 32.1. The Bertz CT molecular complexity index is 1180. The maximum atomic E-state index is 12.9. The molecule has 0 saturated heterocycles. The summed E-state index contributed by atoms with van der Waals surface area (Å²) in [5.74, 6) is -0.665. The second-order valence-corrected chi connectivity index (χ2v) is 9.81. The second kappa shape index (κ2) is 8.74. The minimum atomic E-state index is -0.397. The van der Waals surface area contributed by atoms with Gasteiger partial charge in [-0.25, -0.2) is 4.79 Å². The molecule has 2 heterocycles. The van der Waals surface area contributed by atoms with E-state index in [9.17, 15) is 14.7 Å². The first-order valence-corrected chi connectivity index (χ1v) is 11.5. The Morgan fingerprint density at radius 3 is 2.78 bits per heavy atom. The quantitative estimate of drug-likeness (QED) is 0.504. The zero-order valence-corrected chi connectivity index (χ0v) is 19.2. The number of carbonyl (C=O) groups is 2. The number of nitrogens with zero attached hydrogens (tertiary/aromatic N) is 1. The number of nitrogens with one attached hydrogen (secondary N) is 1. The number of amides is 1. The van der Waals surface area contributed by atoms with Crippen LogP contribution in [0.15, 0.2) is 42.6 Å². The summed E-state index contributed by atoms with van der Waals surface area (Å²) in [7, 11) is 0. The van der Waals surface area contributed by atoms with Crippen molar-refractivity contribution in [1.82, 2.24) is 4.98 Å². The number of thiophene rings is 1. The van der Waals surface area contributed by atoms with Gasteiger partial charge in [0.2, 0.25) is 0 Å². The average Bonchev–Trinajstić information content (AvgIpc) is 3.09. The van der Waals surface area contributed by atoms with Crippen molar-refractivity contribution in [2.75, 3.05) is 11.9 Å². The average molecular weight is 451 g/mol. The number of aromatic hydroxyl groups is 1. The third-order valence-electron chi connectivity index (χ3n) is 5.64. The number of rotatable bonds is 5. The molecule has 6 nitrogen and oxygen atoms in total. The standard InChI is InChI=1S/C25H26N2O4S/c1-4-31-24(30)16-9-11-26-19(13-16)21-18-8-10-25(2,3)14-20(18)32-23(21)27-22(29)15-6-5-7-17(28)12-15/h5-7,9,11-13,28H,4,8,10,14H2,1-3H3,(H,27,29). The van der Waals surface area contributed by atoms with E-state index in [-0.39, 0.29) is 17.1 Å². The van der Waals surface area contributed by atoms with Crippen LogP contribution >= 0.6 is 11.3 Å². The lowest BCUT2D eigenvalue weighted by Gasteiger charge is -2.29. The lowest BCUT2D eigenvalue weighted by molar-refractivity contribution is 0.0526. The number of carbonyl (C=O) groups excluding carboxylic acids is 2. The first-order valence-electron chi connectivity index (χ1n) is 10.7. The number of ether oxygens (including phenoxy) is 1. The monoisotopic (exact) mass is 450 g/mol. The van der Waals surface area contributed by atoms with Gasteiger partial charge in [0, 0.05) is 22.2 Å². The van der Waals surface area contributed by atoms with Gasteiger partial charge in [0.25, 0.3) is 5.91 Å². The molecule has 0 bridgehead atoms. The molecule has 1 amide bonds. The van der Waals surface area contributed by atoms with Crippen molar-refractivity contribution in [3.8, 4) is 17.0 Å². The highest BCUT2D eigenvalue weighted by molar-refractivity contribution is 7.17. The normalized spacial score (nSPS) is 14.5. The number of hydrogen-bond acceptors (Lipinski definition) is 6. The van der Waals surface area contributed by atoms with E-state index in [1.807, 2.05) is 0 Å². The number of anilines is 1. The molecule has 0 aliphatic heterocycles. The molecule has 1 aromatic carbocycles. The van der Waals surface area contributed by atoms with E-state index in [4.69, 9.17) is 4.74 Å². The Morgan fingerprint density at radius 1 is 1.22 bits per heavy atom. The zero-order chi connectivity index (χ0) is 22.9. The van der Waals surface area contributed by atoms with Gasteiger partial charge in [-0.1, -0.05) is 19.9 Å². The van der Waals surface area contributed by atoms with Gasteiger partial charge in [-0.2, -0.15) is 0 Å². The third-order valence-corrected chi connectivity index (χ3v) is 6.79. The molecule has 0 fully saturated rings. The number of fused-ring (bicyclic) bond motifs is 1. The van der Waals surface area contributed by atoms with Crippen LogP contribution in [0.2, 0.25) is 0 Å². The molecule has 166 valence electrons. The van der Waals surface area contributed by atoms with Crippen LogP contribution in [0.4, 0.5) is 5.00 Å². The van der Waals surface area contributed by atoms with Crippen LogP contribution in [0.1, 0.15) is 58.3 Å². The number of hydrogen-bond donors (Lipinski definition) is 2. The minimum absolute atomic E-state index is 0.0360. The van der Waals surface area contributed by atoms with Gasteiger partial charge in [0.1, 0.15) is 10.8 Å². The summed E-state index contributed by atoms with van der Waals surface area (Å²) in [6, 6.07) is 9.62. The molecule has 2 N–H and O–H groups in total. The lowest BCUT2D eigenvalue weighted by atomic mass is 9.76. The molecule has 7 heteroatoms. The van der Waals surface area contributed by atoms with Crippen LogP contribution in [-0.2, 0) is 17.6 Å².